The number of hydrogen-bond acceptors (Lipinski definition) is 5. The van der Waals surface area contributed by atoms with E-state index in [1.54, 1.807) is 6.92 Å². The Morgan fingerprint density at radius 1 is 1.28 bits per heavy atom. The number of allylic oxidation sites excluding steroid dienone is 1. The molecule has 3 aliphatic carbocycles. The van der Waals surface area contributed by atoms with Crippen molar-refractivity contribution >= 4 is 5.78 Å². The second kappa shape index (κ2) is 5.16. The molecule has 4 rings (SSSR count). The van der Waals surface area contributed by atoms with E-state index in [2.05, 4.69) is 13.8 Å². The van der Waals surface area contributed by atoms with Gasteiger partial charge in [-0.25, -0.2) is 0 Å². The summed E-state index contributed by atoms with van der Waals surface area (Å²) in [6, 6.07) is 0. The fraction of sp³-hybridized carbons (Fsp3) is 0.850. The van der Waals surface area contributed by atoms with Crippen LogP contribution < -0.4 is 0 Å². The second-order valence-corrected chi connectivity index (χ2v) is 9.59. The number of Topliss-reactive ketones (excluding diaryl/α,β-unsaturated/α-hetero) is 1. The fourth-order valence-electron chi connectivity index (χ4n) is 5.71. The summed E-state index contributed by atoms with van der Waals surface area (Å²) in [5.41, 5.74) is -1.76. The summed E-state index contributed by atoms with van der Waals surface area (Å²) < 4.78 is 5.66. The number of carbonyl (C=O) groups is 1. The van der Waals surface area contributed by atoms with Gasteiger partial charge in [0.25, 0.3) is 0 Å². The van der Waals surface area contributed by atoms with Crippen molar-refractivity contribution in [1.29, 1.82) is 0 Å². The highest BCUT2D eigenvalue weighted by Crippen LogP contribution is 2.63. The molecule has 140 valence electrons. The van der Waals surface area contributed by atoms with Crippen molar-refractivity contribution in [2.75, 3.05) is 6.61 Å². The fourth-order valence-corrected chi connectivity index (χ4v) is 5.71. The molecule has 0 bridgehead atoms. The van der Waals surface area contributed by atoms with E-state index in [0.717, 1.165) is 6.42 Å². The van der Waals surface area contributed by atoms with Crippen molar-refractivity contribution in [3.05, 3.63) is 11.6 Å². The number of fused-ring (bicyclic) bond motifs is 2. The van der Waals surface area contributed by atoms with Gasteiger partial charge in [-0.15, -0.1) is 0 Å². The zero-order chi connectivity index (χ0) is 18.4. The lowest BCUT2D eigenvalue weighted by Gasteiger charge is -2.36. The Labute approximate surface area is 149 Å². The van der Waals surface area contributed by atoms with Gasteiger partial charge in [-0.1, -0.05) is 26.8 Å². The van der Waals surface area contributed by atoms with Crippen molar-refractivity contribution in [3.8, 4) is 0 Å². The number of carbonyl (C=O) groups excluding carboxylic acids is 1. The third-order valence-electron chi connectivity index (χ3n) is 7.73. The largest absolute Gasteiger partial charge is 0.392 e. The third kappa shape index (κ3) is 2.32. The average molecular weight is 350 g/mol. The summed E-state index contributed by atoms with van der Waals surface area (Å²) in [7, 11) is 0. The second-order valence-electron chi connectivity index (χ2n) is 9.59. The van der Waals surface area contributed by atoms with Gasteiger partial charge >= 0.3 is 0 Å². The van der Waals surface area contributed by atoms with Crippen molar-refractivity contribution in [2.24, 2.45) is 29.1 Å². The van der Waals surface area contributed by atoms with Crippen LogP contribution in [0, 0.1) is 29.1 Å². The number of hydrogen-bond donors (Lipinski definition) is 3. The van der Waals surface area contributed by atoms with E-state index in [1.165, 1.54) is 0 Å². The summed E-state index contributed by atoms with van der Waals surface area (Å²) in [6.07, 6.45) is 1.86. The molecule has 3 N–H and O–H groups in total. The lowest BCUT2D eigenvalue weighted by atomic mass is 9.75. The molecule has 8 atom stereocenters. The highest BCUT2D eigenvalue weighted by molar-refractivity contribution is 6.02. The molecule has 0 radical (unpaired) electrons. The van der Waals surface area contributed by atoms with Gasteiger partial charge in [0.1, 0.15) is 11.2 Å². The smallest absolute Gasteiger partial charge is 0.190 e. The van der Waals surface area contributed by atoms with Crippen molar-refractivity contribution in [1.82, 2.24) is 0 Å². The van der Waals surface area contributed by atoms with Crippen LogP contribution in [0.2, 0.25) is 0 Å². The Morgan fingerprint density at radius 2 is 1.92 bits per heavy atom. The molecule has 2 saturated carbocycles. The van der Waals surface area contributed by atoms with E-state index in [-0.39, 0.29) is 23.5 Å². The molecule has 1 saturated heterocycles. The number of ketones is 1. The molecule has 1 unspecified atom stereocenters. The maximum Gasteiger partial charge on any atom is 0.190 e. The molecule has 25 heavy (non-hydrogen) atoms. The first-order chi connectivity index (χ1) is 11.5. The zero-order valence-corrected chi connectivity index (χ0v) is 15.5. The van der Waals surface area contributed by atoms with Crippen molar-refractivity contribution < 1.29 is 24.9 Å². The monoisotopic (exact) mass is 350 g/mol. The van der Waals surface area contributed by atoms with Gasteiger partial charge in [-0.3, -0.25) is 4.79 Å². The molecule has 1 heterocycles. The molecular formula is C20H30O5. The molecule has 5 nitrogen and oxygen atoms in total. The topological polar surface area (TPSA) is 90.3 Å². The molecular weight excluding hydrogens is 320 g/mol. The molecule has 3 fully saturated rings. The van der Waals surface area contributed by atoms with Gasteiger partial charge in [0.2, 0.25) is 0 Å². The third-order valence-corrected chi connectivity index (χ3v) is 7.73. The lowest BCUT2D eigenvalue weighted by Crippen LogP contribution is -2.54. The number of rotatable bonds is 0. The summed E-state index contributed by atoms with van der Waals surface area (Å²) in [5, 5.41) is 33.0. The Hall–Kier alpha value is -0.750. The van der Waals surface area contributed by atoms with Crippen LogP contribution in [0.25, 0.3) is 0 Å². The van der Waals surface area contributed by atoms with E-state index in [0.29, 0.717) is 30.4 Å². The molecule has 1 aliphatic heterocycles. The summed E-state index contributed by atoms with van der Waals surface area (Å²) >= 11 is 0. The SMILES string of the molecule is C/C1=C/[C@@H]2[C@H](CC[C@@]3(CO3)[C@@H](O)C3[C@@H](O)[C@@H](C)C[C@]3(O)C1=O)C2(C)C. The van der Waals surface area contributed by atoms with Crippen LogP contribution in [0.1, 0.15) is 47.0 Å². The first-order valence-corrected chi connectivity index (χ1v) is 9.50. The standard InChI is InChI=1S/C20H30O5/c1-10-7-13-12(18(13,3)4)5-6-19(9-25-19)17(23)14-15(21)11(2)8-20(14,24)16(10)22/h7,11-15,17,21,23-24H,5-6,8-9H2,1-4H3/b10-7-/t11-,12-,13+,14?,15-,17-,19+,20+/m0/s1. The van der Waals surface area contributed by atoms with Crippen LogP contribution in [-0.2, 0) is 9.53 Å². The maximum absolute atomic E-state index is 13.1. The van der Waals surface area contributed by atoms with E-state index < -0.39 is 29.3 Å². The maximum atomic E-state index is 13.1. The van der Waals surface area contributed by atoms with Crippen molar-refractivity contribution in [3.63, 3.8) is 0 Å². The number of aliphatic hydroxyl groups is 3. The van der Waals surface area contributed by atoms with Gasteiger partial charge in [0.15, 0.2) is 5.78 Å². The van der Waals surface area contributed by atoms with E-state index in [4.69, 9.17) is 4.74 Å². The quantitative estimate of drug-likeness (QED) is 0.575. The molecule has 0 aromatic carbocycles. The van der Waals surface area contributed by atoms with Crippen LogP contribution in [0.15, 0.2) is 11.6 Å². The minimum Gasteiger partial charge on any atom is -0.392 e. The first-order valence-electron chi connectivity index (χ1n) is 9.50. The van der Waals surface area contributed by atoms with E-state index in [9.17, 15) is 20.1 Å². The number of epoxide rings is 1. The number of ether oxygens (including phenoxy) is 1. The Balaban J connectivity index is 1.78. The zero-order valence-electron chi connectivity index (χ0n) is 15.5. The average Bonchev–Trinajstić information content (AvgIpc) is 3.39. The van der Waals surface area contributed by atoms with E-state index >= 15 is 0 Å². The van der Waals surface area contributed by atoms with Gasteiger partial charge in [-0.05, 0) is 54.9 Å². The van der Waals surface area contributed by atoms with Crippen LogP contribution in [0.4, 0.5) is 0 Å². The predicted octanol–water partition coefficient (Wildman–Crippen LogP) is 1.45. The summed E-state index contributed by atoms with van der Waals surface area (Å²) in [4.78, 5) is 13.1. The Kier molecular flexibility index (Phi) is 3.64. The highest BCUT2D eigenvalue weighted by atomic mass is 16.6. The predicted molar refractivity (Wildman–Crippen MR) is 91.7 cm³/mol. The summed E-state index contributed by atoms with van der Waals surface area (Å²) in [5.74, 6) is -0.721. The van der Waals surface area contributed by atoms with Crippen LogP contribution in [0.5, 0.6) is 0 Å². The van der Waals surface area contributed by atoms with E-state index in [1.807, 2.05) is 13.0 Å². The molecule has 0 aromatic rings. The van der Waals surface area contributed by atoms with Gasteiger partial charge in [0.05, 0.1) is 24.7 Å². The normalized spacial score (nSPS) is 56.4. The molecule has 5 heteroatoms. The van der Waals surface area contributed by atoms with Gasteiger partial charge < -0.3 is 20.1 Å². The molecule has 0 aromatic heterocycles. The molecule has 0 amide bonds. The Bertz CT molecular complexity index is 634. The minimum absolute atomic E-state index is 0.131. The van der Waals surface area contributed by atoms with Crippen LogP contribution >= 0.6 is 0 Å². The van der Waals surface area contributed by atoms with Crippen molar-refractivity contribution in [2.45, 2.75) is 70.4 Å². The van der Waals surface area contributed by atoms with Gasteiger partial charge in [0, 0.05) is 0 Å². The summed E-state index contributed by atoms with van der Waals surface area (Å²) in [6.45, 7) is 8.42. The minimum atomic E-state index is -1.73. The number of aliphatic hydroxyl groups excluding tert-OH is 2. The lowest BCUT2D eigenvalue weighted by molar-refractivity contribution is -0.150. The molecule has 4 aliphatic rings. The molecule has 1 spiro atoms. The van der Waals surface area contributed by atoms with Crippen LogP contribution in [0.3, 0.4) is 0 Å². The highest BCUT2D eigenvalue weighted by Gasteiger charge is 2.66. The Morgan fingerprint density at radius 3 is 2.52 bits per heavy atom. The van der Waals surface area contributed by atoms with Crippen LogP contribution in [-0.4, -0.2) is 51.1 Å². The first kappa shape index (κ1) is 17.7. The van der Waals surface area contributed by atoms with Gasteiger partial charge in [-0.2, -0.15) is 0 Å².